The topological polar surface area (TPSA) is 105 Å². The molecule has 0 saturated carbocycles. The maximum atomic E-state index is 13.5. The molecule has 1 aromatic carbocycles. The SMILES string of the molecule is CCOC(=O)C(CCc1ccccc1)NC1CCC2=C(C=C(OC)CC2)N(CC(=O)O)C1=O. The average molecular weight is 457 g/mol. The number of carboxylic acid groups (broad SMARTS) is 1. The van der Waals surface area contributed by atoms with E-state index in [-0.39, 0.29) is 12.5 Å². The number of hydrogen-bond acceptors (Lipinski definition) is 6. The number of amides is 1. The summed E-state index contributed by atoms with van der Waals surface area (Å²) >= 11 is 0. The number of allylic oxidation sites excluding steroid dienone is 3. The van der Waals surface area contributed by atoms with Crippen molar-refractivity contribution in [3.05, 3.63) is 59.0 Å². The molecule has 0 saturated heterocycles. The van der Waals surface area contributed by atoms with E-state index in [1.54, 1.807) is 20.1 Å². The lowest BCUT2D eigenvalue weighted by atomic mass is 9.96. The Balaban J connectivity index is 1.81. The zero-order chi connectivity index (χ0) is 23.8. The number of nitrogens with one attached hydrogen (secondary N) is 1. The van der Waals surface area contributed by atoms with E-state index in [9.17, 15) is 19.5 Å². The van der Waals surface area contributed by atoms with Gasteiger partial charge in [0.2, 0.25) is 5.91 Å². The highest BCUT2D eigenvalue weighted by molar-refractivity contribution is 5.89. The van der Waals surface area contributed by atoms with Gasteiger partial charge in [-0.3, -0.25) is 24.6 Å². The summed E-state index contributed by atoms with van der Waals surface area (Å²) in [6, 6.07) is 8.43. The number of ether oxygens (including phenoxy) is 2. The van der Waals surface area contributed by atoms with Crippen molar-refractivity contribution in [3.8, 4) is 0 Å². The Morgan fingerprint density at radius 3 is 2.64 bits per heavy atom. The van der Waals surface area contributed by atoms with Crippen LogP contribution in [-0.2, 0) is 30.3 Å². The highest BCUT2D eigenvalue weighted by atomic mass is 16.5. The van der Waals surface area contributed by atoms with Gasteiger partial charge in [0.05, 0.1) is 25.5 Å². The van der Waals surface area contributed by atoms with Crippen molar-refractivity contribution < 1.29 is 29.0 Å². The molecule has 2 aliphatic rings. The number of esters is 1. The number of methoxy groups -OCH3 is 1. The molecule has 33 heavy (non-hydrogen) atoms. The Hall–Kier alpha value is -3.13. The molecule has 2 N–H and O–H groups in total. The molecule has 1 aliphatic carbocycles. The fraction of sp³-hybridized carbons (Fsp3) is 0.480. The molecule has 1 aromatic rings. The second kappa shape index (κ2) is 11.7. The quantitative estimate of drug-likeness (QED) is 0.522. The van der Waals surface area contributed by atoms with Crippen LogP contribution in [0.4, 0.5) is 0 Å². The summed E-state index contributed by atoms with van der Waals surface area (Å²) in [5.74, 6) is -1.14. The molecule has 8 nitrogen and oxygen atoms in total. The molecule has 2 unspecified atom stereocenters. The molecular weight excluding hydrogens is 424 g/mol. The summed E-state index contributed by atoms with van der Waals surface area (Å²) in [5, 5.41) is 12.7. The number of aliphatic carboxylic acids is 1. The second-order valence-corrected chi connectivity index (χ2v) is 8.21. The number of carbonyl (C=O) groups is 3. The van der Waals surface area contributed by atoms with Crippen molar-refractivity contribution >= 4 is 17.8 Å². The number of carbonyl (C=O) groups excluding carboxylic acids is 2. The van der Waals surface area contributed by atoms with Crippen molar-refractivity contribution in [3.63, 3.8) is 0 Å². The fourth-order valence-electron chi connectivity index (χ4n) is 4.32. The Bertz CT molecular complexity index is 924. The highest BCUT2D eigenvalue weighted by Gasteiger charge is 2.36. The van der Waals surface area contributed by atoms with Crippen LogP contribution in [0.25, 0.3) is 0 Å². The lowest BCUT2D eigenvalue weighted by molar-refractivity contribution is -0.147. The van der Waals surface area contributed by atoms with Crippen LogP contribution in [-0.4, -0.2) is 60.2 Å². The van der Waals surface area contributed by atoms with Crippen molar-refractivity contribution in [2.45, 2.75) is 57.5 Å². The lowest BCUT2D eigenvalue weighted by Gasteiger charge is -2.29. The molecule has 8 heteroatoms. The fourth-order valence-corrected chi connectivity index (χ4v) is 4.32. The zero-order valence-corrected chi connectivity index (χ0v) is 19.2. The van der Waals surface area contributed by atoms with E-state index < -0.39 is 30.6 Å². The molecule has 3 rings (SSSR count). The molecule has 0 bridgehead atoms. The smallest absolute Gasteiger partial charge is 0.323 e. The standard InChI is InChI=1S/C25H32N2O6/c1-3-33-25(31)21(13-9-17-7-5-4-6-8-17)26-20-14-11-18-10-12-19(32-2)15-22(18)27(24(20)30)16-23(28)29/h4-8,15,20-21,26H,3,9-14,16H2,1-2H3,(H,28,29). The van der Waals surface area contributed by atoms with Gasteiger partial charge in [0.1, 0.15) is 12.6 Å². The summed E-state index contributed by atoms with van der Waals surface area (Å²) in [6.07, 6.45) is 5.41. The Labute approximate surface area is 194 Å². The van der Waals surface area contributed by atoms with Crippen LogP contribution < -0.4 is 5.32 Å². The van der Waals surface area contributed by atoms with E-state index >= 15 is 0 Å². The monoisotopic (exact) mass is 456 g/mol. The Morgan fingerprint density at radius 1 is 1.21 bits per heavy atom. The average Bonchev–Trinajstić information content (AvgIpc) is 2.93. The number of benzene rings is 1. The minimum atomic E-state index is -1.10. The number of aryl methyl sites for hydroxylation is 1. The first kappa shape index (κ1) is 24.5. The van der Waals surface area contributed by atoms with Gasteiger partial charge in [-0.2, -0.15) is 0 Å². The van der Waals surface area contributed by atoms with Gasteiger partial charge in [-0.1, -0.05) is 30.3 Å². The first-order valence-electron chi connectivity index (χ1n) is 11.4. The largest absolute Gasteiger partial charge is 0.501 e. The molecule has 0 spiro atoms. The first-order valence-corrected chi connectivity index (χ1v) is 11.4. The van der Waals surface area contributed by atoms with E-state index in [2.05, 4.69) is 5.32 Å². The van der Waals surface area contributed by atoms with Gasteiger partial charge in [-0.25, -0.2) is 0 Å². The number of hydrogen-bond donors (Lipinski definition) is 2. The number of rotatable bonds is 10. The molecular formula is C25H32N2O6. The molecule has 1 aliphatic heterocycles. The first-order chi connectivity index (χ1) is 15.9. The summed E-state index contributed by atoms with van der Waals surface area (Å²) in [7, 11) is 1.57. The third kappa shape index (κ3) is 6.44. The van der Waals surface area contributed by atoms with Gasteiger partial charge in [0.15, 0.2) is 0 Å². The minimum absolute atomic E-state index is 0.243. The molecule has 0 aromatic heterocycles. The van der Waals surface area contributed by atoms with Crippen molar-refractivity contribution in [2.75, 3.05) is 20.3 Å². The van der Waals surface area contributed by atoms with Crippen LogP contribution >= 0.6 is 0 Å². The van der Waals surface area contributed by atoms with Gasteiger partial charge in [-0.15, -0.1) is 0 Å². The van der Waals surface area contributed by atoms with Gasteiger partial charge in [0, 0.05) is 12.1 Å². The normalized spacial score (nSPS) is 19.3. The molecule has 2 atom stereocenters. The van der Waals surface area contributed by atoms with Crippen LogP contribution in [0.15, 0.2) is 53.4 Å². The van der Waals surface area contributed by atoms with E-state index in [0.29, 0.717) is 44.2 Å². The van der Waals surface area contributed by atoms with Crippen LogP contribution in [0.2, 0.25) is 0 Å². The van der Waals surface area contributed by atoms with Gasteiger partial charge >= 0.3 is 11.9 Å². The molecule has 0 fully saturated rings. The lowest BCUT2D eigenvalue weighted by Crippen LogP contribution is -2.52. The second-order valence-electron chi connectivity index (χ2n) is 8.21. The molecule has 1 amide bonds. The van der Waals surface area contributed by atoms with Crippen molar-refractivity contribution in [1.82, 2.24) is 10.2 Å². The Morgan fingerprint density at radius 2 is 1.97 bits per heavy atom. The summed E-state index contributed by atoms with van der Waals surface area (Å²) in [6.45, 7) is 1.54. The maximum absolute atomic E-state index is 13.5. The third-order valence-corrected chi connectivity index (χ3v) is 6.02. The third-order valence-electron chi connectivity index (χ3n) is 6.02. The van der Waals surface area contributed by atoms with Crippen LogP contribution in [0.3, 0.4) is 0 Å². The van der Waals surface area contributed by atoms with E-state index in [0.717, 1.165) is 16.9 Å². The zero-order valence-electron chi connectivity index (χ0n) is 19.2. The van der Waals surface area contributed by atoms with Crippen molar-refractivity contribution in [1.29, 1.82) is 0 Å². The molecule has 1 heterocycles. The van der Waals surface area contributed by atoms with Gasteiger partial charge in [-0.05, 0) is 56.2 Å². The predicted octanol–water partition coefficient (Wildman–Crippen LogP) is 2.79. The summed E-state index contributed by atoms with van der Waals surface area (Å²) < 4.78 is 10.6. The van der Waals surface area contributed by atoms with Crippen LogP contribution in [0.1, 0.15) is 44.6 Å². The van der Waals surface area contributed by atoms with E-state index in [1.165, 1.54) is 4.90 Å². The van der Waals surface area contributed by atoms with Gasteiger partial charge in [0.25, 0.3) is 0 Å². The minimum Gasteiger partial charge on any atom is -0.501 e. The van der Waals surface area contributed by atoms with E-state index in [1.807, 2.05) is 30.3 Å². The van der Waals surface area contributed by atoms with Crippen LogP contribution in [0, 0.1) is 0 Å². The number of carboxylic acids is 1. The number of nitrogens with zero attached hydrogens (tertiary/aromatic N) is 1. The molecule has 178 valence electrons. The maximum Gasteiger partial charge on any atom is 0.323 e. The molecule has 0 radical (unpaired) electrons. The van der Waals surface area contributed by atoms with E-state index in [4.69, 9.17) is 9.47 Å². The van der Waals surface area contributed by atoms with Crippen LogP contribution in [0.5, 0.6) is 0 Å². The highest BCUT2D eigenvalue weighted by Crippen LogP contribution is 2.33. The van der Waals surface area contributed by atoms with Gasteiger partial charge < -0.3 is 14.6 Å². The summed E-state index contributed by atoms with van der Waals surface area (Å²) in [5.41, 5.74) is 2.72. The van der Waals surface area contributed by atoms with Crippen molar-refractivity contribution in [2.24, 2.45) is 0 Å². The Kier molecular flexibility index (Phi) is 8.65. The predicted molar refractivity (Wildman–Crippen MR) is 122 cm³/mol. The summed E-state index contributed by atoms with van der Waals surface area (Å²) in [4.78, 5) is 39.0.